The third kappa shape index (κ3) is 5.86. The Hall–Kier alpha value is -3.26. The van der Waals surface area contributed by atoms with E-state index >= 15 is 0 Å². The van der Waals surface area contributed by atoms with Crippen LogP contribution in [0.15, 0.2) is 42.5 Å². The Morgan fingerprint density at radius 3 is 2.44 bits per heavy atom. The molecule has 5 rings (SSSR count). The molecule has 1 amide bonds. The molecule has 1 N–H and O–H groups in total. The molecule has 1 saturated carbocycles. The highest BCUT2D eigenvalue weighted by Crippen LogP contribution is 2.48. The minimum Gasteiger partial charge on any atom is -0.497 e. The number of carbonyl (C=O) groups excluding carboxylic acids is 1. The Morgan fingerprint density at radius 2 is 1.74 bits per heavy atom. The second kappa shape index (κ2) is 12.3. The summed E-state index contributed by atoms with van der Waals surface area (Å²) < 4.78 is 16.4. The number of benzene rings is 2. The summed E-state index contributed by atoms with van der Waals surface area (Å²) in [6.07, 6.45) is 7.65. The van der Waals surface area contributed by atoms with Gasteiger partial charge in [0.2, 0.25) is 12.7 Å². The fourth-order valence-electron chi connectivity index (χ4n) is 6.57. The molecule has 2 fully saturated rings. The van der Waals surface area contributed by atoms with E-state index in [2.05, 4.69) is 16.7 Å². The summed E-state index contributed by atoms with van der Waals surface area (Å²) in [5.41, 5.74) is 1.76. The molecule has 1 aliphatic carbocycles. The van der Waals surface area contributed by atoms with Gasteiger partial charge >= 0.3 is 5.97 Å². The van der Waals surface area contributed by atoms with Gasteiger partial charge in [0.15, 0.2) is 11.5 Å². The predicted molar refractivity (Wildman–Crippen MR) is 147 cm³/mol. The van der Waals surface area contributed by atoms with E-state index in [4.69, 9.17) is 14.2 Å². The molecular formula is C31H40N2O6. The number of nitrogens with zero attached hydrogens (tertiary/aromatic N) is 2. The molecule has 0 bridgehead atoms. The lowest BCUT2D eigenvalue weighted by molar-refractivity contribution is -0.144. The van der Waals surface area contributed by atoms with Crippen LogP contribution in [0, 0.1) is 5.92 Å². The molecule has 2 heterocycles. The molecule has 210 valence electrons. The SMILES string of the molecule is CCCCN(C(=O)CN1CC(c2ccc3c(c2)OCO3)C(C(=O)O)C1c1ccc(OC)cc1)C1CCCCC1. The third-order valence-electron chi connectivity index (χ3n) is 8.59. The van der Waals surface area contributed by atoms with Gasteiger partial charge in [-0.15, -0.1) is 0 Å². The molecule has 0 aromatic heterocycles. The van der Waals surface area contributed by atoms with Crippen molar-refractivity contribution in [2.45, 2.75) is 69.9 Å². The van der Waals surface area contributed by atoms with E-state index in [0.29, 0.717) is 23.8 Å². The second-order valence-electron chi connectivity index (χ2n) is 11.0. The summed E-state index contributed by atoms with van der Waals surface area (Å²) in [6, 6.07) is 13.1. The van der Waals surface area contributed by atoms with E-state index in [1.54, 1.807) is 7.11 Å². The zero-order valence-electron chi connectivity index (χ0n) is 23.0. The van der Waals surface area contributed by atoms with Gasteiger partial charge in [0.1, 0.15) is 5.75 Å². The molecule has 2 aromatic rings. The zero-order chi connectivity index (χ0) is 27.4. The van der Waals surface area contributed by atoms with Crippen molar-refractivity contribution in [1.29, 1.82) is 0 Å². The molecule has 2 aromatic carbocycles. The van der Waals surface area contributed by atoms with Gasteiger partial charge < -0.3 is 24.2 Å². The van der Waals surface area contributed by atoms with Crippen LogP contribution < -0.4 is 14.2 Å². The van der Waals surface area contributed by atoms with Crippen LogP contribution in [-0.2, 0) is 9.59 Å². The first-order valence-corrected chi connectivity index (χ1v) is 14.3. The van der Waals surface area contributed by atoms with E-state index < -0.39 is 17.9 Å². The average molecular weight is 537 g/mol. The third-order valence-corrected chi connectivity index (χ3v) is 8.59. The molecule has 3 atom stereocenters. The summed E-state index contributed by atoms with van der Waals surface area (Å²) in [5, 5.41) is 10.5. The Bertz CT molecular complexity index is 1150. The van der Waals surface area contributed by atoms with Crippen LogP contribution in [0.3, 0.4) is 0 Å². The summed E-state index contributed by atoms with van der Waals surface area (Å²) in [6.45, 7) is 3.73. The maximum Gasteiger partial charge on any atom is 0.309 e. The molecule has 8 nitrogen and oxygen atoms in total. The van der Waals surface area contributed by atoms with Crippen molar-refractivity contribution in [3.63, 3.8) is 0 Å². The summed E-state index contributed by atoms with van der Waals surface area (Å²) in [7, 11) is 1.61. The molecule has 3 aliphatic rings. The first kappa shape index (κ1) is 27.3. The van der Waals surface area contributed by atoms with Crippen LogP contribution in [0.4, 0.5) is 0 Å². The summed E-state index contributed by atoms with van der Waals surface area (Å²) >= 11 is 0. The molecule has 1 saturated heterocycles. The number of hydrogen-bond acceptors (Lipinski definition) is 6. The van der Waals surface area contributed by atoms with Gasteiger partial charge in [0.25, 0.3) is 0 Å². The molecule has 0 radical (unpaired) electrons. The van der Waals surface area contributed by atoms with Crippen molar-refractivity contribution >= 4 is 11.9 Å². The van der Waals surface area contributed by atoms with E-state index in [1.165, 1.54) is 6.42 Å². The number of carboxylic acids is 1. The fraction of sp³-hybridized carbons (Fsp3) is 0.548. The Labute approximate surface area is 230 Å². The van der Waals surface area contributed by atoms with Crippen molar-refractivity contribution in [3.05, 3.63) is 53.6 Å². The summed E-state index contributed by atoms with van der Waals surface area (Å²) in [4.78, 5) is 31.0. The van der Waals surface area contributed by atoms with Crippen LogP contribution in [0.5, 0.6) is 17.2 Å². The average Bonchev–Trinajstić information content (AvgIpc) is 3.58. The molecule has 2 aliphatic heterocycles. The summed E-state index contributed by atoms with van der Waals surface area (Å²) in [5.74, 6) is 0.201. The van der Waals surface area contributed by atoms with Crippen LogP contribution in [0.25, 0.3) is 0 Å². The number of fused-ring (bicyclic) bond motifs is 1. The number of amides is 1. The molecule has 0 spiro atoms. The predicted octanol–water partition coefficient (Wildman–Crippen LogP) is 5.23. The number of likely N-dealkylation sites (tertiary alicyclic amines) is 1. The number of carboxylic acid groups (broad SMARTS) is 1. The van der Waals surface area contributed by atoms with Gasteiger partial charge in [-0.3, -0.25) is 14.5 Å². The lowest BCUT2D eigenvalue weighted by atomic mass is 9.82. The number of methoxy groups -OCH3 is 1. The monoisotopic (exact) mass is 536 g/mol. The maximum atomic E-state index is 13.9. The standard InChI is InChI=1S/C31H40N2O6/c1-3-4-16-33(23-8-6-5-7-9-23)28(34)19-32-18-25(22-12-15-26-27(17-22)39-20-38-26)29(31(35)36)30(32)21-10-13-24(37-2)14-11-21/h10-15,17,23,25,29-30H,3-9,16,18-20H2,1-2H3,(H,35,36). The number of hydrogen-bond donors (Lipinski definition) is 1. The molecular weight excluding hydrogens is 496 g/mol. The van der Waals surface area contributed by atoms with Crippen LogP contribution in [0.1, 0.15) is 75.0 Å². The number of ether oxygens (including phenoxy) is 3. The van der Waals surface area contributed by atoms with Crippen molar-refractivity contribution in [2.75, 3.05) is 33.5 Å². The highest BCUT2D eigenvalue weighted by molar-refractivity contribution is 5.79. The van der Waals surface area contributed by atoms with Gasteiger partial charge in [-0.2, -0.15) is 0 Å². The van der Waals surface area contributed by atoms with E-state index in [0.717, 1.165) is 56.2 Å². The molecule has 8 heteroatoms. The maximum absolute atomic E-state index is 13.9. The van der Waals surface area contributed by atoms with Crippen molar-refractivity contribution in [1.82, 2.24) is 9.80 Å². The highest BCUT2D eigenvalue weighted by atomic mass is 16.7. The van der Waals surface area contributed by atoms with Crippen LogP contribution in [0.2, 0.25) is 0 Å². The van der Waals surface area contributed by atoms with Gasteiger partial charge in [0, 0.05) is 31.1 Å². The molecule has 3 unspecified atom stereocenters. The van der Waals surface area contributed by atoms with Crippen LogP contribution in [-0.4, -0.2) is 66.4 Å². The fourth-order valence-corrected chi connectivity index (χ4v) is 6.57. The van der Waals surface area contributed by atoms with E-state index in [9.17, 15) is 14.7 Å². The normalized spacial score (nSPS) is 23.1. The van der Waals surface area contributed by atoms with Gasteiger partial charge in [-0.25, -0.2) is 0 Å². The van der Waals surface area contributed by atoms with Gasteiger partial charge in [0.05, 0.1) is 19.6 Å². The Balaban J connectivity index is 1.47. The highest BCUT2D eigenvalue weighted by Gasteiger charge is 2.48. The number of unbranched alkanes of at least 4 members (excludes halogenated alkanes) is 1. The topological polar surface area (TPSA) is 88.5 Å². The smallest absolute Gasteiger partial charge is 0.309 e. The first-order chi connectivity index (χ1) is 19.0. The largest absolute Gasteiger partial charge is 0.497 e. The van der Waals surface area contributed by atoms with E-state index in [-0.39, 0.29) is 31.2 Å². The minimum atomic E-state index is -0.872. The Kier molecular flexibility index (Phi) is 8.60. The van der Waals surface area contributed by atoms with Crippen molar-refractivity contribution in [3.8, 4) is 17.2 Å². The number of rotatable bonds is 10. The van der Waals surface area contributed by atoms with Crippen molar-refractivity contribution < 1.29 is 28.9 Å². The minimum absolute atomic E-state index is 0.101. The lowest BCUT2D eigenvalue weighted by Gasteiger charge is -2.36. The first-order valence-electron chi connectivity index (χ1n) is 14.3. The number of carbonyl (C=O) groups is 2. The van der Waals surface area contributed by atoms with E-state index in [1.807, 2.05) is 42.5 Å². The molecule has 39 heavy (non-hydrogen) atoms. The Morgan fingerprint density at radius 1 is 1.03 bits per heavy atom. The van der Waals surface area contributed by atoms with Crippen LogP contribution >= 0.6 is 0 Å². The zero-order valence-corrected chi connectivity index (χ0v) is 23.0. The quantitative estimate of drug-likeness (QED) is 0.445. The second-order valence-corrected chi connectivity index (χ2v) is 11.0. The van der Waals surface area contributed by atoms with Gasteiger partial charge in [-0.05, 0) is 54.7 Å². The lowest BCUT2D eigenvalue weighted by Crippen LogP contribution is -2.47. The number of aliphatic carboxylic acids is 1. The van der Waals surface area contributed by atoms with Gasteiger partial charge in [-0.1, -0.05) is 50.8 Å². The van der Waals surface area contributed by atoms with Crippen molar-refractivity contribution in [2.24, 2.45) is 5.92 Å².